The summed E-state index contributed by atoms with van der Waals surface area (Å²) in [4.78, 5) is 16.1. The van der Waals surface area contributed by atoms with Gasteiger partial charge >= 0.3 is 0 Å². The molecule has 0 aliphatic heterocycles. The minimum atomic E-state index is 0.663. The Bertz CT molecular complexity index is 846. The molecule has 0 saturated heterocycles. The molecule has 0 aliphatic carbocycles. The molecule has 6 heteroatoms. The number of H-pyrrole nitrogens is 1. The van der Waals surface area contributed by atoms with E-state index in [1.807, 2.05) is 30.5 Å². The van der Waals surface area contributed by atoms with Gasteiger partial charge in [0.1, 0.15) is 22.8 Å². The van der Waals surface area contributed by atoms with Crippen LogP contribution in [0.15, 0.2) is 42.9 Å². The van der Waals surface area contributed by atoms with E-state index in [0.717, 1.165) is 27.4 Å². The molecule has 0 bridgehead atoms. The SMILES string of the molecule is c1ccc2sc(CNc3ncnc4[nH]ccc34)nc2c1. The van der Waals surface area contributed by atoms with E-state index in [1.165, 1.54) is 4.70 Å². The smallest absolute Gasteiger partial charge is 0.142 e. The lowest BCUT2D eigenvalue weighted by Crippen LogP contribution is -2.01. The van der Waals surface area contributed by atoms with Crippen molar-refractivity contribution in [3.8, 4) is 0 Å². The predicted molar refractivity (Wildman–Crippen MR) is 80.8 cm³/mol. The van der Waals surface area contributed by atoms with Crippen molar-refractivity contribution >= 4 is 38.4 Å². The summed E-state index contributed by atoms with van der Waals surface area (Å²) in [6.07, 6.45) is 3.42. The number of hydrogen-bond acceptors (Lipinski definition) is 5. The third-order valence-corrected chi connectivity index (χ3v) is 4.14. The quantitative estimate of drug-likeness (QED) is 0.605. The number of fused-ring (bicyclic) bond motifs is 2. The summed E-state index contributed by atoms with van der Waals surface area (Å²) in [7, 11) is 0. The molecule has 4 rings (SSSR count). The van der Waals surface area contributed by atoms with E-state index >= 15 is 0 Å². The van der Waals surface area contributed by atoms with Crippen molar-refractivity contribution < 1.29 is 0 Å². The number of thiazole rings is 1. The third kappa shape index (κ3) is 1.90. The third-order valence-electron chi connectivity index (χ3n) is 3.10. The monoisotopic (exact) mass is 281 g/mol. The fourth-order valence-corrected chi connectivity index (χ4v) is 3.08. The van der Waals surface area contributed by atoms with Gasteiger partial charge in [0.05, 0.1) is 22.1 Å². The summed E-state index contributed by atoms with van der Waals surface area (Å²) in [5, 5.41) is 5.37. The maximum Gasteiger partial charge on any atom is 0.142 e. The molecule has 2 N–H and O–H groups in total. The largest absolute Gasteiger partial charge is 0.363 e. The summed E-state index contributed by atoms with van der Waals surface area (Å²) >= 11 is 1.70. The maximum absolute atomic E-state index is 4.60. The summed E-state index contributed by atoms with van der Waals surface area (Å²) in [6.45, 7) is 0.663. The van der Waals surface area contributed by atoms with Crippen molar-refractivity contribution in [2.75, 3.05) is 5.32 Å². The van der Waals surface area contributed by atoms with E-state index in [-0.39, 0.29) is 0 Å². The van der Waals surface area contributed by atoms with Crippen LogP contribution < -0.4 is 5.32 Å². The first kappa shape index (κ1) is 11.4. The van der Waals surface area contributed by atoms with Crippen molar-refractivity contribution in [2.24, 2.45) is 0 Å². The molecule has 0 unspecified atom stereocenters. The van der Waals surface area contributed by atoms with Gasteiger partial charge in [0, 0.05) is 6.20 Å². The second-order valence-corrected chi connectivity index (χ2v) is 5.51. The molecule has 0 fully saturated rings. The Kier molecular flexibility index (Phi) is 2.60. The fourth-order valence-electron chi connectivity index (χ4n) is 2.17. The first-order valence-electron chi connectivity index (χ1n) is 6.26. The van der Waals surface area contributed by atoms with Crippen molar-refractivity contribution in [3.05, 3.63) is 47.9 Å². The van der Waals surface area contributed by atoms with Crippen LogP contribution in [0.4, 0.5) is 5.82 Å². The molecule has 3 aromatic heterocycles. The minimum absolute atomic E-state index is 0.663. The fraction of sp³-hybridized carbons (Fsp3) is 0.0714. The Morgan fingerprint density at radius 1 is 1.15 bits per heavy atom. The summed E-state index contributed by atoms with van der Waals surface area (Å²) in [6, 6.07) is 10.1. The minimum Gasteiger partial charge on any atom is -0.363 e. The summed E-state index contributed by atoms with van der Waals surface area (Å²) < 4.78 is 1.21. The predicted octanol–water partition coefficient (Wildman–Crippen LogP) is 3.18. The highest BCUT2D eigenvalue weighted by Gasteiger charge is 2.06. The average Bonchev–Trinajstić information content (AvgIpc) is 3.11. The van der Waals surface area contributed by atoms with Crippen molar-refractivity contribution in [3.63, 3.8) is 0 Å². The van der Waals surface area contributed by atoms with E-state index in [2.05, 4.69) is 31.3 Å². The van der Waals surface area contributed by atoms with Crippen molar-refractivity contribution in [2.45, 2.75) is 6.54 Å². The van der Waals surface area contributed by atoms with Crippen LogP contribution in [0.5, 0.6) is 0 Å². The van der Waals surface area contributed by atoms with Crippen LogP contribution in [0.3, 0.4) is 0 Å². The summed E-state index contributed by atoms with van der Waals surface area (Å²) in [5.41, 5.74) is 1.88. The first-order chi connectivity index (χ1) is 9.90. The van der Waals surface area contributed by atoms with Crippen LogP contribution in [0.2, 0.25) is 0 Å². The van der Waals surface area contributed by atoms with Crippen LogP contribution >= 0.6 is 11.3 Å². The van der Waals surface area contributed by atoms with Gasteiger partial charge in [-0.15, -0.1) is 11.3 Å². The van der Waals surface area contributed by atoms with E-state index in [0.29, 0.717) is 6.54 Å². The molecule has 0 spiro atoms. The number of aromatic amines is 1. The lowest BCUT2D eigenvalue weighted by atomic mass is 10.3. The number of para-hydroxylation sites is 1. The van der Waals surface area contributed by atoms with Gasteiger partial charge in [0.15, 0.2) is 0 Å². The molecule has 4 aromatic rings. The average molecular weight is 281 g/mol. The maximum atomic E-state index is 4.60. The molecule has 1 aromatic carbocycles. The van der Waals surface area contributed by atoms with Gasteiger partial charge in [-0.3, -0.25) is 0 Å². The lowest BCUT2D eigenvalue weighted by molar-refractivity contribution is 1.08. The van der Waals surface area contributed by atoms with Gasteiger partial charge in [-0.05, 0) is 18.2 Å². The number of anilines is 1. The van der Waals surface area contributed by atoms with Crippen LogP contribution in [0, 0.1) is 0 Å². The Balaban J connectivity index is 1.62. The lowest BCUT2D eigenvalue weighted by Gasteiger charge is -2.03. The van der Waals surface area contributed by atoms with E-state index in [9.17, 15) is 0 Å². The second kappa shape index (κ2) is 4.57. The first-order valence-corrected chi connectivity index (χ1v) is 7.08. The topological polar surface area (TPSA) is 66.5 Å². The zero-order valence-electron chi connectivity index (χ0n) is 10.5. The standard InChI is InChI=1S/C14H11N5S/c1-2-4-11-10(3-1)19-12(20-11)7-16-14-9-5-6-15-13(9)17-8-18-14/h1-6,8H,7H2,(H2,15,16,17,18). The Hall–Kier alpha value is -2.47. The summed E-state index contributed by atoms with van der Waals surface area (Å²) in [5.74, 6) is 0.829. The normalized spacial score (nSPS) is 11.2. The highest BCUT2D eigenvalue weighted by Crippen LogP contribution is 2.23. The van der Waals surface area contributed by atoms with E-state index in [1.54, 1.807) is 17.7 Å². The van der Waals surface area contributed by atoms with Crippen LogP contribution in [0.1, 0.15) is 5.01 Å². The Morgan fingerprint density at radius 2 is 2.10 bits per heavy atom. The van der Waals surface area contributed by atoms with Gasteiger partial charge < -0.3 is 10.3 Å². The van der Waals surface area contributed by atoms with Crippen LogP contribution in [-0.2, 0) is 6.54 Å². The molecule has 98 valence electrons. The molecular weight excluding hydrogens is 270 g/mol. The zero-order chi connectivity index (χ0) is 13.4. The Labute approximate surface area is 118 Å². The molecule has 0 amide bonds. The van der Waals surface area contributed by atoms with Gasteiger partial charge in [-0.25, -0.2) is 15.0 Å². The molecule has 20 heavy (non-hydrogen) atoms. The Morgan fingerprint density at radius 3 is 3.05 bits per heavy atom. The van der Waals surface area contributed by atoms with E-state index < -0.39 is 0 Å². The molecule has 0 saturated carbocycles. The highest BCUT2D eigenvalue weighted by atomic mass is 32.1. The van der Waals surface area contributed by atoms with Gasteiger partial charge in [0.2, 0.25) is 0 Å². The van der Waals surface area contributed by atoms with Gasteiger partial charge in [-0.1, -0.05) is 12.1 Å². The number of aromatic nitrogens is 4. The number of nitrogens with zero attached hydrogens (tertiary/aromatic N) is 3. The number of rotatable bonds is 3. The molecule has 3 heterocycles. The zero-order valence-corrected chi connectivity index (χ0v) is 11.3. The molecule has 0 aliphatic rings. The van der Waals surface area contributed by atoms with E-state index in [4.69, 9.17) is 0 Å². The second-order valence-electron chi connectivity index (χ2n) is 4.39. The van der Waals surface area contributed by atoms with Crippen molar-refractivity contribution in [1.29, 1.82) is 0 Å². The van der Waals surface area contributed by atoms with Crippen LogP contribution in [-0.4, -0.2) is 19.9 Å². The van der Waals surface area contributed by atoms with Gasteiger partial charge in [-0.2, -0.15) is 0 Å². The molecule has 5 nitrogen and oxygen atoms in total. The number of nitrogens with one attached hydrogen (secondary N) is 2. The number of hydrogen-bond donors (Lipinski definition) is 2. The van der Waals surface area contributed by atoms with Crippen molar-refractivity contribution in [1.82, 2.24) is 19.9 Å². The molecular formula is C14H11N5S. The molecule has 0 atom stereocenters. The van der Waals surface area contributed by atoms with Crippen LogP contribution in [0.25, 0.3) is 21.3 Å². The number of benzene rings is 1. The molecule has 0 radical (unpaired) electrons. The highest BCUT2D eigenvalue weighted by molar-refractivity contribution is 7.18. The van der Waals surface area contributed by atoms with Gasteiger partial charge in [0.25, 0.3) is 0 Å².